The van der Waals surface area contributed by atoms with Gasteiger partial charge < -0.3 is 15.3 Å². The van der Waals surface area contributed by atoms with Crippen molar-refractivity contribution in [1.82, 2.24) is 15.4 Å². The normalized spacial score (nSPS) is 11.5. The predicted molar refractivity (Wildman–Crippen MR) is 28.2 cm³/mol. The second-order valence-electron chi connectivity index (χ2n) is 1.64. The zero-order chi connectivity index (χ0) is 7.61. The molecule has 0 amide bonds. The third-order valence-electron chi connectivity index (χ3n) is 0.847. The van der Waals surface area contributed by atoms with Crippen LogP contribution < -0.4 is 0 Å². The molecule has 1 rings (SSSR count). The van der Waals surface area contributed by atoms with Crippen LogP contribution in [0.5, 0.6) is 0 Å². The molecule has 6 heteroatoms. The summed E-state index contributed by atoms with van der Waals surface area (Å²) in [6, 6.07) is 1.13. The fraction of sp³-hybridized carbons (Fsp3) is 0.250. The molecule has 0 aromatic carbocycles. The smallest absolute Gasteiger partial charge is 0.324 e. The van der Waals surface area contributed by atoms with E-state index in [1.165, 1.54) is 6.20 Å². The van der Waals surface area contributed by atoms with Gasteiger partial charge in [-0.2, -0.15) is 0 Å². The van der Waals surface area contributed by atoms with Crippen molar-refractivity contribution in [2.75, 3.05) is 0 Å². The molecular weight excluding hydrogens is 138 g/mol. The monoisotopic (exact) mass is 143 g/mol. The molecule has 1 aromatic rings. The van der Waals surface area contributed by atoms with Gasteiger partial charge in [-0.1, -0.05) is 0 Å². The molecule has 0 fully saturated rings. The Kier molecular flexibility index (Phi) is 1.58. The lowest BCUT2D eigenvalue weighted by atomic mass is 10.4. The van der Waals surface area contributed by atoms with Crippen LogP contribution in [0.1, 0.15) is 5.69 Å². The van der Waals surface area contributed by atoms with Crippen molar-refractivity contribution in [3.8, 4) is 0 Å². The van der Waals surface area contributed by atoms with Crippen molar-refractivity contribution in [2.24, 2.45) is 0 Å². The van der Waals surface area contributed by atoms with Crippen molar-refractivity contribution in [3.63, 3.8) is 0 Å². The first kappa shape index (κ1) is 7.00. The predicted octanol–water partition coefficient (Wildman–Crippen LogP) is -2.04. The fourth-order valence-electron chi connectivity index (χ4n) is 0.420. The highest BCUT2D eigenvalue weighted by molar-refractivity contribution is 4.98. The highest BCUT2D eigenvalue weighted by Crippen LogP contribution is 2.07. The maximum absolute atomic E-state index is 8.47. The zero-order valence-corrected chi connectivity index (χ0v) is 4.84. The number of hydrogen-bond donors (Lipinski definition) is 3. The third-order valence-corrected chi connectivity index (χ3v) is 0.847. The van der Waals surface area contributed by atoms with Crippen LogP contribution in [0.15, 0.2) is 12.3 Å². The molecule has 6 nitrogen and oxygen atoms in total. The average molecular weight is 143 g/mol. The van der Waals surface area contributed by atoms with Gasteiger partial charge in [0.15, 0.2) is 5.69 Å². The van der Waals surface area contributed by atoms with E-state index < -0.39 is 5.97 Å². The Bertz CT molecular complexity index is 207. The van der Waals surface area contributed by atoms with E-state index in [0.29, 0.717) is 0 Å². The molecule has 0 saturated carbocycles. The van der Waals surface area contributed by atoms with Gasteiger partial charge in [-0.15, -0.1) is 10.2 Å². The van der Waals surface area contributed by atoms with Gasteiger partial charge in [0.2, 0.25) is 0 Å². The summed E-state index contributed by atoms with van der Waals surface area (Å²) in [7, 11) is 0. The molecule has 3 N–H and O–H groups in total. The molecule has 10 heavy (non-hydrogen) atoms. The summed E-state index contributed by atoms with van der Waals surface area (Å²) in [6.45, 7) is 0. The van der Waals surface area contributed by atoms with E-state index in [2.05, 4.69) is 15.4 Å². The minimum atomic E-state index is -2.92. The van der Waals surface area contributed by atoms with Crippen LogP contribution in [-0.4, -0.2) is 30.7 Å². The molecule has 0 aliphatic heterocycles. The minimum Gasteiger partial charge on any atom is -0.338 e. The van der Waals surface area contributed by atoms with E-state index in [4.69, 9.17) is 15.3 Å². The van der Waals surface area contributed by atoms with Crippen LogP contribution in [0, 0.1) is 0 Å². The molecule has 0 saturated heterocycles. The summed E-state index contributed by atoms with van der Waals surface area (Å²) in [5.41, 5.74) is -0.359. The Balaban J connectivity index is 2.97. The summed E-state index contributed by atoms with van der Waals surface area (Å²) >= 11 is 0. The first-order valence-electron chi connectivity index (χ1n) is 2.42. The van der Waals surface area contributed by atoms with Crippen LogP contribution in [0.4, 0.5) is 0 Å². The molecule has 0 spiro atoms. The van der Waals surface area contributed by atoms with Crippen LogP contribution in [-0.2, 0) is 5.97 Å². The first-order valence-corrected chi connectivity index (χ1v) is 2.42. The Morgan fingerprint density at radius 2 is 2.00 bits per heavy atom. The molecular formula is C4H5N3O3. The summed E-state index contributed by atoms with van der Waals surface area (Å²) < 4.78 is 0. The van der Waals surface area contributed by atoms with Crippen LogP contribution in [0.2, 0.25) is 0 Å². The number of rotatable bonds is 1. The van der Waals surface area contributed by atoms with Crippen molar-refractivity contribution in [2.45, 2.75) is 5.97 Å². The van der Waals surface area contributed by atoms with Gasteiger partial charge in [-0.3, -0.25) is 0 Å². The molecule has 0 atom stereocenters. The van der Waals surface area contributed by atoms with E-state index in [-0.39, 0.29) is 5.69 Å². The molecule has 1 heterocycles. The van der Waals surface area contributed by atoms with Gasteiger partial charge in [0, 0.05) is 0 Å². The topological polar surface area (TPSA) is 99.4 Å². The van der Waals surface area contributed by atoms with Crippen LogP contribution >= 0.6 is 0 Å². The van der Waals surface area contributed by atoms with Crippen molar-refractivity contribution in [1.29, 1.82) is 0 Å². The van der Waals surface area contributed by atoms with Crippen molar-refractivity contribution in [3.05, 3.63) is 18.0 Å². The maximum atomic E-state index is 8.47. The molecule has 0 aliphatic carbocycles. The van der Waals surface area contributed by atoms with Crippen LogP contribution in [0.3, 0.4) is 0 Å². The Hall–Kier alpha value is -1.11. The van der Waals surface area contributed by atoms with Gasteiger partial charge in [0.25, 0.3) is 0 Å². The quantitative estimate of drug-likeness (QED) is 0.391. The molecule has 54 valence electrons. The van der Waals surface area contributed by atoms with Gasteiger partial charge in [-0.25, -0.2) is 0 Å². The fourth-order valence-corrected chi connectivity index (χ4v) is 0.420. The molecule has 0 unspecified atom stereocenters. The van der Waals surface area contributed by atoms with E-state index in [1.54, 1.807) is 0 Å². The number of nitrogens with zero attached hydrogens (tertiary/aromatic N) is 3. The Morgan fingerprint density at radius 1 is 1.30 bits per heavy atom. The second kappa shape index (κ2) is 2.25. The Morgan fingerprint density at radius 3 is 2.30 bits per heavy atom. The standard InChI is InChI=1S/C4H5N3O3/c8-4(9,10)3-1-2-5-7-6-3/h1-2,8-10H. The summed E-state index contributed by atoms with van der Waals surface area (Å²) in [5.74, 6) is -2.92. The molecule has 0 radical (unpaired) electrons. The summed E-state index contributed by atoms with van der Waals surface area (Å²) in [6.07, 6.45) is 1.18. The van der Waals surface area contributed by atoms with E-state index in [1.807, 2.05) is 0 Å². The summed E-state index contributed by atoms with van der Waals surface area (Å²) in [5, 5.41) is 34.9. The SMILES string of the molecule is OC(O)(O)c1ccnnn1. The number of aromatic nitrogens is 3. The van der Waals surface area contributed by atoms with Gasteiger partial charge >= 0.3 is 5.97 Å². The lowest BCUT2D eigenvalue weighted by Crippen LogP contribution is -2.25. The second-order valence-corrected chi connectivity index (χ2v) is 1.64. The van der Waals surface area contributed by atoms with E-state index >= 15 is 0 Å². The molecule has 0 aliphatic rings. The van der Waals surface area contributed by atoms with Crippen molar-refractivity contribution >= 4 is 0 Å². The first-order chi connectivity index (χ1) is 4.61. The largest absolute Gasteiger partial charge is 0.338 e. The summed E-state index contributed by atoms with van der Waals surface area (Å²) in [4.78, 5) is 0. The average Bonchev–Trinajstić information content (AvgIpc) is 1.88. The zero-order valence-electron chi connectivity index (χ0n) is 4.84. The van der Waals surface area contributed by atoms with Gasteiger partial charge in [0.1, 0.15) is 0 Å². The van der Waals surface area contributed by atoms with Crippen molar-refractivity contribution < 1.29 is 15.3 Å². The van der Waals surface area contributed by atoms with Crippen LogP contribution in [0.25, 0.3) is 0 Å². The highest BCUT2D eigenvalue weighted by Gasteiger charge is 2.23. The van der Waals surface area contributed by atoms with E-state index in [9.17, 15) is 0 Å². The third kappa shape index (κ3) is 1.44. The van der Waals surface area contributed by atoms with E-state index in [0.717, 1.165) is 6.07 Å². The lowest BCUT2D eigenvalue weighted by molar-refractivity contribution is -0.326. The Labute approximate surface area is 55.8 Å². The maximum Gasteiger partial charge on any atom is 0.324 e. The number of hydrogen-bond acceptors (Lipinski definition) is 6. The molecule has 0 bridgehead atoms. The van der Waals surface area contributed by atoms with Gasteiger partial charge in [0.05, 0.1) is 6.20 Å². The molecule has 1 aromatic heterocycles. The highest BCUT2D eigenvalue weighted by atomic mass is 16.7. The number of aliphatic hydroxyl groups is 3. The minimum absolute atomic E-state index is 0.359. The lowest BCUT2D eigenvalue weighted by Gasteiger charge is -2.10. The van der Waals surface area contributed by atoms with Gasteiger partial charge in [-0.05, 0) is 11.3 Å².